The van der Waals surface area contributed by atoms with Gasteiger partial charge in [0.15, 0.2) is 0 Å². The second-order valence-corrected chi connectivity index (χ2v) is 7.51. The molecule has 33 heavy (non-hydrogen) atoms. The minimum Gasteiger partial charge on any atom is -0.480 e. The fourth-order valence-corrected chi connectivity index (χ4v) is 3.06. The van der Waals surface area contributed by atoms with Crippen molar-refractivity contribution in [3.05, 3.63) is 71.8 Å². The summed E-state index contributed by atoms with van der Waals surface area (Å²) in [6.45, 7) is 1.30. The zero-order valence-electron chi connectivity index (χ0n) is 18.4. The maximum absolute atomic E-state index is 12.8. The van der Waals surface area contributed by atoms with Crippen LogP contribution in [0.5, 0.6) is 0 Å². The van der Waals surface area contributed by atoms with Crippen LogP contribution >= 0.6 is 0 Å². The van der Waals surface area contributed by atoms with Crippen molar-refractivity contribution < 1.29 is 29.0 Å². The summed E-state index contributed by atoms with van der Waals surface area (Å²) in [7, 11) is 0. The van der Waals surface area contributed by atoms with Crippen LogP contribution in [0.4, 0.5) is 0 Å². The predicted octanol–water partition coefficient (Wildman–Crippen LogP) is 1.27. The zero-order chi connectivity index (χ0) is 24.2. The van der Waals surface area contributed by atoms with Crippen molar-refractivity contribution in [1.29, 1.82) is 0 Å². The SMILES string of the molecule is CCC[C@H](NC(=O)[C@H](COC(=O)c1ccccc1)NC(=O)[C@@H](N)Cc1ccccc1)C(=O)O. The number of hydrogen-bond donors (Lipinski definition) is 4. The number of carbonyl (C=O) groups is 4. The van der Waals surface area contributed by atoms with Crippen LogP contribution in [0.15, 0.2) is 60.7 Å². The predicted molar refractivity (Wildman–Crippen MR) is 121 cm³/mol. The van der Waals surface area contributed by atoms with E-state index in [0.717, 1.165) is 5.56 Å². The van der Waals surface area contributed by atoms with Gasteiger partial charge in [-0.2, -0.15) is 0 Å². The standard InChI is InChI=1S/C24H29N3O6/c1-2-9-19(23(30)31)26-22(29)20(15-33-24(32)17-12-7-4-8-13-17)27-21(28)18(25)14-16-10-5-3-6-11-16/h3-8,10-13,18-20H,2,9,14-15,25H2,1H3,(H,26,29)(H,27,28)(H,30,31)/t18-,19-,20-/m0/s1. The molecule has 0 radical (unpaired) electrons. The zero-order valence-corrected chi connectivity index (χ0v) is 18.4. The monoisotopic (exact) mass is 455 g/mol. The van der Waals surface area contributed by atoms with Crippen molar-refractivity contribution in [1.82, 2.24) is 10.6 Å². The molecular weight excluding hydrogens is 426 g/mol. The lowest BCUT2D eigenvalue weighted by Crippen LogP contribution is -2.56. The van der Waals surface area contributed by atoms with E-state index in [2.05, 4.69) is 10.6 Å². The number of amides is 2. The Morgan fingerprint density at radius 1 is 0.909 bits per heavy atom. The minimum atomic E-state index is -1.31. The number of ether oxygens (including phenoxy) is 1. The fraction of sp³-hybridized carbons (Fsp3) is 0.333. The van der Waals surface area contributed by atoms with Gasteiger partial charge in [-0.25, -0.2) is 9.59 Å². The van der Waals surface area contributed by atoms with Crippen LogP contribution in [-0.2, 0) is 25.5 Å². The molecule has 0 bridgehead atoms. The van der Waals surface area contributed by atoms with Crippen LogP contribution in [0.25, 0.3) is 0 Å². The summed E-state index contributed by atoms with van der Waals surface area (Å²) in [5, 5.41) is 14.2. The van der Waals surface area contributed by atoms with Gasteiger partial charge in [0.2, 0.25) is 11.8 Å². The van der Waals surface area contributed by atoms with Crippen LogP contribution in [0.3, 0.4) is 0 Å². The van der Waals surface area contributed by atoms with Gasteiger partial charge in [0.1, 0.15) is 18.7 Å². The number of esters is 1. The first-order valence-electron chi connectivity index (χ1n) is 10.7. The average Bonchev–Trinajstić information content (AvgIpc) is 2.82. The Balaban J connectivity index is 2.09. The molecule has 2 rings (SSSR count). The molecule has 5 N–H and O–H groups in total. The third kappa shape index (κ3) is 8.38. The molecule has 0 aliphatic heterocycles. The van der Waals surface area contributed by atoms with E-state index in [0.29, 0.717) is 6.42 Å². The average molecular weight is 456 g/mol. The molecule has 2 amide bonds. The van der Waals surface area contributed by atoms with E-state index in [4.69, 9.17) is 10.5 Å². The number of hydrogen-bond acceptors (Lipinski definition) is 6. The molecule has 0 saturated carbocycles. The normalized spacial score (nSPS) is 13.3. The van der Waals surface area contributed by atoms with Crippen molar-refractivity contribution in [3.63, 3.8) is 0 Å². The molecule has 2 aromatic rings. The van der Waals surface area contributed by atoms with Gasteiger partial charge in [0.25, 0.3) is 0 Å². The number of nitrogens with two attached hydrogens (primary N) is 1. The summed E-state index contributed by atoms with van der Waals surface area (Å²) >= 11 is 0. The fourth-order valence-electron chi connectivity index (χ4n) is 3.06. The van der Waals surface area contributed by atoms with Crippen molar-refractivity contribution in [2.75, 3.05) is 6.61 Å². The molecule has 0 aliphatic rings. The molecular formula is C24H29N3O6. The Morgan fingerprint density at radius 2 is 1.48 bits per heavy atom. The molecule has 176 valence electrons. The Hall–Kier alpha value is -3.72. The Kier molecular flexibility index (Phi) is 10.0. The first-order valence-corrected chi connectivity index (χ1v) is 10.7. The van der Waals surface area contributed by atoms with Gasteiger partial charge in [-0.1, -0.05) is 61.9 Å². The lowest BCUT2D eigenvalue weighted by molar-refractivity contribution is -0.142. The van der Waals surface area contributed by atoms with Crippen molar-refractivity contribution >= 4 is 23.8 Å². The molecule has 9 heteroatoms. The van der Waals surface area contributed by atoms with Crippen LogP contribution in [0.2, 0.25) is 0 Å². The van der Waals surface area contributed by atoms with Gasteiger partial charge in [-0.05, 0) is 30.5 Å². The van der Waals surface area contributed by atoms with Crippen LogP contribution in [-0.4, -0.2) is 53.6 Å². The third-order valence-corrected chi connectivity index (χ3v) is 4.85. The molecule has 0 saturated heterocycles. The molecule has 0 aliphatic carbocycles. The van der Waals surface area contributed by atoms with Crippen molar-refractivity contribution in [2.24, 2.45) is 5.73 Å². The summed E-state index contributed by atoms with van der Waals surface area (Å²) in [6, 6.07) is 13.9. The minimum absolute atomic E-state index is 0.207. The lowest BCUT2D eigenvalue weighted by atomic mass is 10.1. The summed E-state index contributed by atoms with van der Waals surface area (Å²) < 4.78 is 5.21. The highest BCUT2D eigenvalue weighted by atomic mass is 16.5. The number of carboxylic acids is 1. The number of carboxylic acid groups (broad SMARTS) is 1. The molecule has 9 nitrogen and oxygen atoms in total. The third-order valence-electron chi connectivity index (χ3n) is 4.85. The Labute approximate surface area is 192 Å². The highest BCUT2D eigenvalue weighted by Crippen LogP contribution is 2.05. The van der Waals surface area contributed by atoms with Crippen LogP contribution < -0.4 is 16.4 Å². The largest absolute Gasteiger partial charge is 0.480 e. The summed E-state index contributed by atoms with van der Waals surface area (Å²) in [6.07, 6.45) is 0.969. The first-order chi connectivity index (χ1) is 15.8. The van der Waals surface area contributed by atoms with Gasteiger partial charge in [0, 0.05) is 0 Å². The molecule has 0 fully saturated rings. The van der Waals surface area contributed by atoms with Crippen molar-refractivity contribution in [2.45, 2.75) is 44.3 Å². The number of benzene rings is 2. The highest BCUT2D eigenvalue weighted by molar-refractivity contribution is 5.93. The van der Waals surface area contributed by atoms with Crippen molar-refractivity contribution in [3.8, 4) is 0 Å². The van der Waals surface area contributed by atoms with Gasteiger partial charge in [0.05, 0.1) is 11.6 Å². The molecule has 0 unspecified atom stereocenters. The maximum atomic E-state index is 12.8. The summed E-state index contributed by atoms with van der Waals surface area (Å²) in [5.74, 6) is -3.29. The smallest absolute Gasteiger partial charge is 0.338 e. The summed E-state index contributed by atoms with van der Waals surface area (Å²) in [5.41, 5.74) is 7.11. The van der Waals surface area contributed by atoms with E-state index in [-0.39, 0.29) is 18.4 Å². The van der Waals surface area contributed by atoms with E-state index < -0.39 is 48.5 Å². The van der Waals surface area contributed by atoms with Gasteiger partial charge >= 0.3 is 11.9 Å². The lowest BCUT2D eigenvalue weighted by Gasteiger charge is -2.22. The summed E-state index contributed by atoms with van der Waals surface area (Å²) in [4.78, 5) is 49.1. The topological polar surface area (TPSA) is 148 Å². The number of aliphatic carboxylic acids is 1. The van der Waals surface area contributed by atoms with Crippen LogP contribution in [0.1, 0.15) is 35.7 Å². The Morgan fingerprint density at radius 3 is 2.06 bits per heavy atom. The molecule has 0 aromatic heterocycles. The molecule has 0 heterocycles. The first kappa shape index (κ1) is 25.5. The van der Waals surface area contributed by atoms with E-state index in [1.807, 2.05) is 30.3 Å². The second kappa shape index (κ2) is 13.0. The number of carbonyl (C=O) groups excluding carboxylic acids is 3. The quantitative estimate of drug-likeness (QED) is 0.352. The Bertz CT molecular complexity index is 936. The van der Waals surface area contributed by atoms with E-state index in [1.54, 1.807) is 37.3 Å². The molecule has 2 aromatic carbocycles. The second-order valence-electron chi connectivity index (χ2n) is 7.51. The number of rotatable bonds is 12. The van der Waals surface area contributed by atoms with E-state index in [9.17, 15) is 24.3 Å². The highest BCUT2D eigenvalue weighted by Gasteiger charge is 2.29. The van der Waals surface area contributed by atoms with Gasteiger partial charge in [-0.15, -0.1) is 0 Å². The molecule has 0 spiro atoms. The van der Waals surface area contributed by atoms with E-state index >= 15 is 0 Å². The van der Waals surface area contributed by atoms with Gasteiger partial charge < -0.3 is 26.2 Å². The maximum Gasteiger partial charge on any atom is 0.338 e. The van der Waals surface area contributed by atoms with Gasteiger partial charge in [-0.3, -0.25) is 9.59 Å². The van der Waals surface area contributed by atoms with Crippen LogP contribution in [0, 0.1) is 0 Å². The number of nitrogens with one attached hydrogen (secondary N) is 2. The van der Waals surface area contributed by atoms with E-state index in [1.165, 1.54) is 0 Å². The molecule has 3 atom stereocenters.